The van der Waals surface area contributed by atoms with Crippen LogP contribution in [0.1, 0.15) is 45.7 Å². The number of carbonyl (C=O) groups excluding carboxylic acids is 2. The van der Waals surface area contributed by atoms with Crippen molar-refractivity contribution in [3.63, 3.8) is 0 Å². The lowest BCUT2D eigenvalue weighted by Gasteiger charge is -2.38. The van der Waals surface area contributed by atoms with Crippen LogP contribution in [0.25, 0.3) is 0 Å². The quantitative estimate of drug-likeness (QED) is 0.794. The molecule has 4 nitrogen and oxygen atoms in total. The van der Waals surface area contributed by atoms with Crippen molar-refractivity contribution in [2.45, 2.75) is 45.8 Å². The second-order valence-electron chi connectivity index (χ2n) is 6.77. The Labute approximate surface area is 130 Å². The number of nitrogens with zero attached hydrogens (tertiary/aromatic N) is 1. The Balaban J connectivity index is 2.28. The number of ketones is 1. The van der Waals surface area contributed by atoms with E-state index in [-0.39, 0.29) is 23.9 Å². The monoisotopic (exact) mass is 307 g/mol. The molecule has 2 atom stereocenters. The van der Waals surface area contributed by atoms with E-state index in [9.17, 15) is 14.0 Å². The number of halogens is 1. The number of benzene rings is 1. The van der Waals surface area contributed by atoms with E-state index < -0.39 is 17.7 Å². The van der Waals surface area contributed by atoms with E-state index in [0.29, 0.717) is 6.54 Å². The van der Waals surface area contributed by atoms with E-state index in [2.05, 4.69) is 0 Å². The molecule has 0 aromatic heterocycles. The van der Waals surface area contributed by atoms with Crippen LogP contribution in [-0.2, 0) is 9.53 Å². The van der Waals surface area contributed by atoms with Crippen LogP contribution in [0.2, 0.25) is 0 Å². The Morgan fingerprint density at radius 2 is 1.86 bits per heavy atom. The van der Waals surface area contributed by atoms with E-state index in [1.54, 1.807) is 44.7 Å². The van der Waals surface area contributed by atoms with Crippen molar-refractivity contribution in [2.75, 3.05) is 6.54 Å². The predicted molar refractivity (Wildman–Crippen MR) is 80.9 cm³/mol. The molecule has 2 rings (SSSR count). The third-order valence-electron chi connectivity index (χ3n) is 3.67. The lowest BCUT2D eigenvalue weighted by molar-refractivity contribution is -0.127. The number of amides is 1. The van der Waals surface area contributed by atoms with Crippen LogP contribution in [0.15, 0.2) is 24.3 Å². The van der Waals surface area contributed by atoms with E-state index in [0.717, 1.165) is 5.56 Å². The molecular weight excluding hydrogens is 285 g/mol. The van der Waals surface area contributed by atoms with Gasteiger partial charge in [-0.05, 0) is 38.5 Å². The maximum Gasteiger partial charge on any atom is 0.410 e. The molecule has 0 unspecified atom stereocenters. The van der Waals surface area contributed by atoms with Crippen molar-refractivity contribution in [3.05, 3.63) is 35.6 Å². The normalized spacial score (nSPS) is 22.6. The van der Waals surface area contributed by atoms with Gasteiger partial charge in [-0.25, -0.2) is 9.18 Å². The highest BCUT2D eigenvalue weighted by Crippen LogP contribution is 2.32. The second-order valence-corrected chi connectivity index (χ2v) is 6.77. The highest BCUT2D eigenvalue weighted by atomic mass is 19.1. The highest BCUT2D eigenvalue weighted by molar-refractivity contribution is 5.84. The molecule has 1 heterocycles. The molecule has 1 aliphatic rings. The molecule has 1 amide bonds. The number of rotatable bonds is 1. The van der Waals surface area contributed by atoms with Crippen LogP contribution in [0.5, 0.6) is 0 Å². The van der Waals surface area contributed by atoms with Crippen LogP contribution in [0, 0.1) is 11.7 Å². The molecule has 22 heavy (non-hydrogen) atoms. The van der Waals surface area contributed by atoms with Crippen LogP contribution >= 0.6 is 0 Å². The molecule has 0 N–H and O–H groups in total. The average Bonchev–Trinajstić information content (AvgIpc) is 2.40. The number of Topliss-reactive ketones (excluding diaryl/α,β-unsaturated/α-hetero) is 1. The number of carbonyl (C=O) groups is 2. The van der Waals surface area contributed by atoms with Gasteiger partial charge in [0.25, 0.3) is 0 Å². The lowest BCUT2D eigenvalue weighted by Crippen LogP contribution is -2.47. The minimum Gasteiger partial charge on any atom is -0.444 e. The van der Waals surface area contributed by atoms with Gasteiger partial charge in [0, 0.05) is 18.9 Å². The first-order valence-corrected chi connectivity index (χ1v) is 7.45. The van der Waals surface area contributed by atoms with Gasteiger partial charge < -0.3 is 9.64 Å². The third-order valence-corrected chi connectivity index (χ3v) is 3.67. The van der Waals surface area contributed by atoms with Crippen LogP contribution in [-0.4, -0.2) is 28.9 Å². The Morgan fingerprint density at radius 1 is 1.27 bits per heavy atom. The SMILES string of the molecule is C[C@@H]1CN(C(=O)OC(C)(C)C)[C@@H](c2ccc(F)cc2)CC1=O. The molecule has 5 heteroatoms. The van der Waals surface area contributed by atoms with Crippen molar-refractivity contribution in [2.24, 2.45) is 5.92 Å². The zero-order valence-electron chi connectivity index (χ0n) is 13.4. The van der Waals surface area contributed by atoms with E-state index >= 15 is 0 Å². The molecule has 0 saturated carbocycles. The molecule has 0 radical (unpaired) electrons. The molecule has 0 spiro atoms. The molecule has 0 aliphatic carbocycles. The standard InChI is InChI=1S/C17H22FNO3/c1-11-10-19(16(21)22-17(2,3)4)14(9-15(11)20)12-5-7-13(18)8-6-12/h5-8,11,14H,9-10H2,1-4H3/t11-,14-/m1/s1. The number of likely N-dealkylation sites (tertiary alicyclic amines) is 1. The fraction of sp³-hybridized carbons (Fsp3) is 0.529. The molecule has 1 fully saturated rings. The summed E-state index contributed by atoms with van der Waals surface area (Å²) in [5.74, 6) is -0.457. The van der Waals surface area contributed by atoms with Crippen molar-refractivity contribution in [3.8, 4) is 0 Å². The summed E-state index contributed by atoms with van der Waals surface area (Å²) in [6.45, 7) is 7.53. The van der Waals surface area contributed by atoms with Gasteiger partial charge in [0.15, 0.2) is 0 Å². The van der Waals surface area contributed by atoms with Crippen molar-refractivity contribution >= 4 is 11.9 Å². The Hall–Kier alpha value is -1.91. The van der Waals surface area contributed by atoms with Crippen LogP contribution in [0.3, 0.4) is 0 Å². The van der Waals surface area contributed by atoms with Crippen molar-refractivity contribution < 1.29 is 18.7 Å². The Bertz CT molecular complexity index is 562. The van der Waals surface area contributed by atoms with Crippen molar-refractivity contribution in [1.82, 2.24) is 4.90 Å². The summed E-state index contributed by atoms with van der Waals surface area (Å²) in [7, 11) is 0. The largest absolute Gasteiger partial charge is 0.444 e. The molecular formula is C17H22FNO3. The van der Waals surface area contributed by atoms with Gasteiger partial charge in [0.1, 0.15) is 17.2 Å². The molecule has 1 aromatic carbocycles. The maximum atomic E-state index is 13.1. The maximum absolute atomic E-state index is 13.1. The van der Waals surface area contributed by atoms with E-state index in [4.69, 9.17) is 4.74 Å². The van der Waals surface area contributed by atoms with Gasteiger partial charge >= 0.3 is 6.09 Å². The second kappa shape index (κ2) is 6.07. The number of piperidine rings is 1. The zero-order valence-corrected chi connectivity index (χ0v) is 13.4. The van der Waals surface area contributed by atoms with Gasteiger partial charge in [-0.2, -0.15) is 0 Å². The molecule has 120 valence electrons. The number of hydrogen-bond acceptors (Lipinski definition) is 3. The molecule has 1 aliphatic heterocycles. The first-order valence-electron chi connectivity index (χ1n) is 7.45. The van der Waals surface area contributed by atoms with Gasteiger partial charge in [-0.3, -0.25) is 4.79 Å². The van der Waals surface area contributed by atoms with Crippen molar-refractivity contribution in [1.29, 1.82) is 0 Å². The van der Waals surface area contributed by atoms with Crippen LogP contribution < -0.4 is 0 Å². The predicted octanol–water partition coefficient (Wildman–Crippen LogP) is 3.71. The summed E-state index contributed by atoms with van der Waals surface area (Å²) in [4.78, 5) is 26.1. The number of ether oxygens (including phenoxy) is 1. The van der Waals surface area contributed by atoms with Gasteiger partial charge in [0.05, 0.1) is 6.04 Å². The first kappa shape index (κ1) is 16.5. The first-order chi connectivity index (χ1) is 10.2. The summed E-state index contributed by atoms with van der Waals surface area (Å²) in [5, 5.41) is 0. The summed E-state index contributed by atoms with van der Waals surface area (Å²) >= 11 is 0. The summed E-state index contributed by atoms with van der Waals surface area (Å²) in [6.07, 6.45) is -0.215. The third kappa shape index (κ3) is 3.84. The van der Waals surface area contributed by atoms with E-state index in [1.807, 2.05) is 0 Å². The van der Waals surface area contributed by atoms with Gasteiger partial charge in [-0.1, -0.05) is 19.1 Å². The topological polar surface area (TPSA) is 46.6 Å². The fourth-order valence-electron chi connectivity index (χ4n) is 2.53. The van der Waals surface area contributed by atoms with Gasteiger partial charge in [-0.15, -0.1) is 0 Å². The Morgan fingerprint density at radius 3 is 2.41 bits per heavy atom. The molecule has 1 saturated heterocycles. The molecule has 0 bridgehead atoms. The summed E-state index contributed by atoms with van der Waals surface area (Å²) in [5.41, 5.74) is 0.141. The zero-order chi connectivity index (χ0) is 16.5. The average molecular weight is 307 g/mol. The fourth-order valence-corrected chi connectivity index (χ4v) is 2.53. The minimum atomic E-state index is -0.602. The minimum absolute atomic E-state index is 0.106. The number of hydrogen-bond donors (Lipinski definition) is 0. The summed E-state index contributed by atoms with van der Waals surface area (Å²) in [6, 6.07) is 5.50. The Kier molecular flexibility index (Phi) is 4.54. The molecule has 1 aromatic rings. The van der Waals surface area contributed by atoms with Crippen LogP contribution in [0.4, 0.5) is 9.18 Å². The highest BCUT2D eigenvalue weighted by Gasteiger charge is 2.37. The smallest absolute Gasteiger partial charge is 0.410 e. The lowest BCUT2D eigenvalue weighted by atomic mass is 9.89. The summed E-state index contributed by atoms with van der Waals surface area (Å²) < 4.78 is 18.5. The van der Waals surface area contributed by atoms with Gasteiger partial charge in [0.2, 0.25) is 0 Å². The van der Waals surface area contributed by atoms with E-state index in [1.165, 1.54) is 12.1 Å².